The molecule has 0 saturated heterocycles. The van der Waals surface area contributed by atoms with E-state index in [2.05, 4.69) is 5.32 Å². The first-order valence-electron chi connectivity index (χ1n) is 7.18. The second-order valence-electron chi connectivity index (χ2n) is 6.37. The van der Waals surface area contributed by atoms with Crippen molar-refractivity contribution >= 4 is 5.69 Å². The van der Waals surface area contributed by atoms with E-state index in [9.17, 15) is 13.2 Å². The molecule has 0 bridgehead atoms. The topological polar surface area (TPSA) is 15.3 Å². The van der Waals surface area contributed by atoms with E-state index in [0.717, 1.165) is 11.1 Å². The maximum absolute atomic E-state index is 12.7. The zero-order valence-electron chi connectivity index (χ0n) is 13.4. The normalized spacial score (nSPS) is 12.6. The average molecular weight is 302 g/mol. The van der Waals surface area contributed by atoms with Crippen LogP contribution in [0.15, 0.2) is 18.2 Å². The fourth-order valence-corrected chi connectivity index (χ4v) is 2.11. The molecule has 1 N–H and O–H groups in total. The van der Waals surface area contributed by atoms with Crippen molar-refractivity contribution in [1.29, 1.82) is 0 Å². The van der Waals surface area contributed by atoms with E-state index in [1.807, 2.05) is 39.8 Å². The van der Waals surface area contributed by atoms with Gasteiger partial charge in [-0.2, -0.15) is 13.2 Å². The van der Waals surface area contributed by atoms with Crippen LogP contribution in [0.4, 0.5) is 18.9 Å². The molecule has 1 aromatic carbocycles. The van der Waals surface area contributed by atoms with Gasteiger partial charge in [0, 0.05) is 24.3 Å². The van der Waals surface area contributed by atoms with E-state index in [-0.39, 0.29) is 5.54 Å². The van der Waals surface area contributed by atoms with Crippen molar-refractivity contribution in [2.75, 3.05) is 18.0 Å². The molecule has 0 radical (unpaired) electrons. The molecule has 0 aliphatic heterocycles. The highest BCUT2D eigenvalue weighted by atomic mass is 19.4. The monoisotopic (exact) mass is 302 g/mol. The minimum atomic E-state index is -4.20. The van der Waals surface area contributed by atoms with Gasteiger partial charge in [-0.05, 0) is 46.2 Å². The van der Waals surface area contributed by atoms with E-state index in [1.54, 1.807) is 13.0 Å². The maximum Gasteiger partial charge on any atom is 0.405 e. The Morgan fingerprint density at radius 1 is 1.14 bits per heavy atom. The van der Waals surface area contributed by atoms with Crippen LogP contribution < -0.4 is 10.2 Å². The Labute approximate surface area is 125 Å². The predicted molar refractivity (Wildman–Crippen MR) is 81.7 cm³/mol. The zero-order valence-corrected chi connectivity index (χ0v) is 13.4. The maximum atomic E-state index is 12.7. The molecule has 0 fully saturated rings. The van der Waals surface area contributed by atoms with Crippen molar-refractivity contribution < 1.29 is 13.2 Å². The van der Waals surface area contributed by atoms with Crippen molar-refractivity contribution in [2.45, 2.75) is 52.9 Å². The summed E-state index contributed by atoms with van der Waals surface area (Å²) in [5.74, 6) is 0. The summed E-state index contributed by atoms with van der Waals surface area (Å²) < 4.78 is 38.1. The van der Waals surface area contributed by atoms with E-state index < -0.39 is 12.7 Å². The van der Waals surface area contributed by atoms with Gasteiger partial charge in [0.05, 0.1) is 0 Å². The Morgan fingerprint density at radius 2 is 1.76 bits per heavy atom. The molecule has 0 aliphatic carbocycles. The molecular weight excluding hydrogens is 277 g/mol. The van der Waals surface area contributed by atoms with Crippen LogP contribution in [0.25, 0.3) is 0 Å². The van der Waals surface area contributed by atoms with Gasteiger partial charge in [0.1, 0.15) is 6.54 Å². The Kier molecular flexibility index (Phi) is 5.68. The summed E-state index contributed by atoms with van der Waals surface area (Å²) in [6, 6.07) is 5.59. The molecule has 0 spiro atoms. The van der Waals surface area contributed by atoms with Crippen molar-refractivity contribution in [3.63, 3.8) is 0 Å². The van der Waals surface area contributed by atoms with Crippen molar-refractivity contribution in [1.82, 2.24) is 5.32 Å². The minimum absolute atomic E-state index is 0.0813. The van der Waals surface area contributed by atoms with Crippen LogP contribution >= 0.6 is 0 Å². The number of anilines is 1. The molecule has 5 heteroatoms. The van der Waals surface area contributed by atoms with E-state index >= 15 is 0 Å². The molecule has 0 unspecified atom stereocenters. The third kappa shape index (κ3) is 6.38. The average Bonchev–Trinajstić information content (AvgIpc) is 2.32. The standard InChI is InChI=1S/C16H25F3N2/c1-6-21(11-16(17,18)19)14-8-7-12(2)9-13(14)10-20-15(3,4)5/h7-9,20H,6,10-11H2,1-5H3. The van der Waals surface area contributed by atoms with Crippen molar-refractivity contribution in [3.05, 3.63) is 29.3 Å². The largest absolute Gasteiger partial charge is 0.405 e. The van der Waals surface area contributed by atoms with Gasteiger partial charge in [0.15, 0.2) is 0 Å². The third-order valence-electron chi connectivity index (χ3n) is 3.14. The molecule has 0 atom stereocenters. The lowest BCUT2D eigenvalue weighted by Gasteiger charge is -2.28. The second-order valence-corrected chi connectivity index (χ2v) is 6.37. The number of nitrogens with one attached hydrogen (secondary N) is 1. The Morgan fingerprint density at radius 3 is 2.24 bits per heavy atom. The number of halogens is 3. The molecule has 120 valence electrons. The summed E-state index contributed by atoms with van der Waals surface area (Å²) in [4.78, 5) is 1.37. The third-order valence-corrected chi connectivity index (χ3v) is 3.14. The number of nitrogens with zero attached hydrogens (tertiary/aromatic N) is 1. The van der Waals surface area contributed by atoms with Gasteiger partial charge in [0.25, 0.3) is 0 Å². The number of alkyl halides is 3. The highest BCUT2D eigenvalue weighted by Gasteiger charge is 2.31. The van der Waals surface area contributed by atoms with Gasteiger partial charge < -0.3 is 10.2 Å². The molecule has 0 amide bonds. The zero-order chi connectivity index (χ0) is 16.3. The minimum Gasteiger partial charge on any atom is -0.363 e. The first-order valence-corrected chi connectivity index (χ1v) is 7.18. The van der Waals surface area contributed by atoms with Gasteiger partial charge >= 0.3 is 6.18 Å². The van der Waals surface area contributed by atoms with Crippen LogP contribution in [-0.4, -0.2) is 24.8 Å². The van der Waals surface area contributed by atoms with Crippen LogP contribution in [0.2, 0.25) is 0 Å². The molecular formula is C16H25F3N2. The highest BCUT2D eigenvalue weighted by Crippen LogP contribution is 2.26. The predicted octanol–water partition coefficient (Wildman–Crippen LogP) is 4.27. The SMILES string of the molecule is CCN(CC(F)(F)F)c1ccc(C)cc1CNC(C)(C)C. The molecule has 0 saturated carbocycles. The second kappa shape index (κ2) is 6.69. The molecule has 0 heterocycles. The van der Waals surface area contributed by atoms with Gasteiger partial charge in [-0.15, -0.1) is 0 Å². The van der Waals surface area contributed by atoms with Crippen LogP contribution in [0.3, 0.4) is 0 Å². The summed E-state index contributed by atoms with van der Waals surface area (Å²) in [6.07, 6.45) is -4.20. The Bertz CT molecular complexity index is 462. The van der Waals surface area contributed by atoms with E-state index in [1.165, 1.54) is 4.90 Å². The lowest BCUT2D eigenvalue weighted by molar-refractivity contribution is -0.119. The first-order chi connectivity index (χ1) is 9.52. The first kappa shape index (κ1) is 17.8. The number of rotatable bonds is 5. The Hall–Kier alpha value is -1.23. The number of benzene rings is 1. The summed E-state index contributed by atoms with van der Waals surface area (Å²) >= 11 is 0. The Balaban J connectivity index is 3.04. The van der Waals surface area contributed by atoms with Crippen LogP contribution in [0.1, 0.15) is 38.8 Å². The van der Waals surface area contributed by atoms with Gasteiger partial charge in [-0.3, -0.25) is 0 Å². The van der Waals surface area contributed by atoms with Crippen LogP contribution in [-0.2, 0) is 6.54 Å². The molecule has 2 nitrogen and oxygen atoms in total. The fourth-order valence-electron chi connectivity index (χ4n) is 2.11. The summed E-state index contributed by atoms with van der Waals surface area (Å²) in [7, 11) is 0. The van der Waals surface area contributed by atoms with Gasteiger partial charge in [-0.25, -0.2) is 0 Å². The smallest absolute Gasteiger partial charge is 0.363 e. The summed E-state index contributed by atoms with van der Waals surface area (Å²) in [5, 5.41) is 3.34. The lowest BCUT2D eigenvalue weighted by Crippen LogP contribution is -2.37. The lowest BCUT2D eigenvalue weighted by atomic mass is 10.0. The summed E-state index contributed by atoms with van der Waals surface area (Å²) in [5.41, 5.74) is 2.52. The van der Waals surface area contributed by atoms with Crippen LogP contribution in [0, 0.1) is 6.92 Å². The number of hydrogen-bond donors (Lipinski definition) is 1. The van der Waals surface area contributed by atoms with Crippen molar-refractivity contribution in [3.8, 4) is 0 Å². The highest BCUT2D eigenvalue weighted by molar-refractivity contribution is 5.55. The molecule has 21 heavy (non-hydrogen) atoms. The number of hydrogen-bond acceptors (Lipinski definition) is 2. The molecule has 0 aromatic heterocycles. The van der Waals surface area contributed by atoms with E-state index in [0.29, 0.717) is 18.8 Å². The molecule has 1 rings (SSSR count). The summed E-state index contributed by atoms with van der Waals surface area (Å²) in [6.45, 7) is 9.76. The number of aryl methyl sites for hydroxylation is 1. The van der Waals surface area contributed by atoms with Crippen LogP contribution in [0.5, 0.6) is 0 Å². The quantitative estimate of drug-likeness (QED) is 0.873. The molecule has 1 aromatic rings. The van der Waals surface area contributed by atoms with Gasteiger partial charge in [-0.1, -0.05) is 17.7 Å². The van der Waals surface area contributed by atoms with Gasteiger partial charge in [0.2, 0.25) is 0 Å². The fraction of sp³-hybridized carbons (Fsp3) is 0.625. The van der Waals surface area contributed by atoms with E-state index in [4.69, 9.17) is 0 Å². The molecule has 0 aliphatic rings. The van der Waals surface area contributed by atoms with Crippen molar-refractivity contribution in [2.24, 2.45) is 0 Å².